The molecule has 0 amide bonds. The fourth-order valence-electron chi connectivity index (χ4n) is 2.46. The van der Waals surface area contributed by atoms with Gasteiger partial charge < -0.3 is 14.7 Å². The lowest BCUT2D eigenvalue weighted by Crippen LogP contribution is -2.48. The molecule has 0 atom stereocenters. The summed E-state index contributed by atoms with van der Waals surface area (Å²) in [5, 5.41) is 8.87. The number of hydrogen-bond acceptors (Lipinski definition) is 3. The maximum Gasteiger partial charge on any atom is 0.305 e. The van der Waals surface area contributed by atoms with Crippen LogP contribution in [0.1, 0.15) is 24.8 Å². The van der Waals surface area contributed by atoms with Gasteiger partial charge in [-0.05, 0) is 31.9 Å². The average molecular weight is 263 g/mol. The van der Waals surface area contributed by atoms with E-state index in [1.165, 1.54) is 5.56 Å². The number of aliphatic carboxylic acids is 1. The van der Waals surface area contributed by atoms with Crippen LogP contribution < -0.4 is 4.90 Å². The molecule has 0 bridgehead atoms. The Kier molecular flexibility index (Phi) is 4.43. The number of ether oxygens (including phenoxy) is 1. The van der Waals surface area contributed by atoms with Gasteiger partial charge in [-0.25, -0.2) is 0 Å². The van der Waals surface area contributed by atoms with E-state index in [2.05, 4.69) is 36.1 Å². The van der Waals surface area contributed by atoms with Crippen LogP contribution in [0.2, 0.25) is 0 Å². The van der Waals surface area contributed by atoms with Crippen molar-refractivity contribution < 1.29 is 14.6 Å². The molecular weight excluding hydrogens is 242 g/mol. The van der Waals surface area contributed by atoms with E-state index in [0.29, 0.717) is 18.7 Å². The SMILES string of the molecule is COC1CC(N(CCC(=O)O)c2ccc(C)cc2)C1. The first-order valence-electron chi connectivity index (χ1n) is 6.68. The zero-order chi connectivity index (χ0) is 13.8. The Bertz CT molecular complexity index is 424. The highest BCUT2D eigenvalue weighted by atomic mass is 16.5. The molecule has 1 aliphatic rings. The molecular formula is C15H21NO3. The smallest absolute Gasteiger partial charge is 0.305 e. The third kappa shape index (κ3) is 3.47. The highest BCUT2D eigenvalue weighted by Gasteiger charge is 2.33. The summed E-state index contributed by atoms with van der Waals surface area (Å²) < 4.78 is 5.30. The number of nitrogens with zero attached hydrogens (tertiary/aromatic N) is 1. The first-order chi connectivity index (χ1) is 9.10. The van der Waals surface area contributed by atoms with Crippen LogP contribution in [0.15, 0.2) is 24.3 Å². The van der Waals surface area contributed by atoms with Gasteiger partial charge in [0, 0.05) is 25.4 Å². The molecule has 0 unspecified atom stereocenters. The summed E-state index contributed by atoms with van der Waals surface area (Å²) >= 11 is 0. The van der Waals surface area contributed by atoms with Gasteiger partial charge in [-0.1, -0.05) is 17.7 Å². The molecule has 104 valence electrons. The number of aryl methyl sites for hydroxylation is 1. The number of anilines is 1. The first-order valence-corrected chi connectivity index (χ1v) is 6.68. The van der Waals surface area contributed by atoms with Crippen molar-refractivity contribution in [3.8, 4) is 0 Å². The second kappa shape index (κ2) is 6.06. The molecule has 1 aromatic rings. The highest BCUT2D eigenvalue weighted by Crippen LogP contribution is 2.31. The van der Waals surface area contributed by atoms with Gasteiger partial charge in [0.2, 0.25) is 0 Å². The molecule has 2 rings (SSSR count). The molecule has 0 spiro atoms. The van der Waals surface area contributed by atoms with Gasteiger partial charge in [0.25, 0.3) is 0 Å². The monoisotopic (exact) mass is 263 g/mol. The molecule has 1 aliphatic carbocycles. The van der Waals surface area contributed by atoms with Crippen LogP contribution in [0.3, 0.4) is 0 Å². The van der Waals surface area contributed by atoms with E-state index < -0.39 is 5.97 Å². The summed E-state index contributed by atoms with van der Waals surface area (Å²) in [6, 6.07) is 8.66. The topological polar surface area (TPSA) is 49.8 Å². The molecule has 0 saturated heterocycles. The Morgan fingerprint density at radius 3 is 2.53 bits per heavy atom. The van der Waals surface area contributed by atoms with Gasteiger partial charge in [0.1, 0.15) is 0 Å². The Labute approximate surface area is 114 Å². The summed E-state index contributed by atoms with van der Waals surface area (Å²) in [5.41, 5.74) is 2.32. The molecule has 1 fully saturated rings. The molecule has 0 aromatic heterocycles. The van der Waals surface area contributed by atoms with Gasteiger partial charge in [0.05, 0.1) is 12.5 Å². The number of benzene rings is 1. The molecule has 1 N–H and O–H groups in total. The van der Waals surface area contributed by atoms with Crippen LogP contribution >= 0.6 is 0 Å². The predicted octanol–water partition coefficient (Wildman–Crippen LogP) is 2.45. The molecule has 4 nitrogen and oxygen atoms in total. The van der Waals surface area contributed by atoms with E-state index in [9.17, 15) is 4.79 Å². The van der Waals surface area contributed by atoms with Crippen molar-refractivity contribution in [2.24, 2.45) is 0 Å². The normalized spacial score (nSPS) is 21.8. The van der Waals surface area contributed by atoms with Crippen LogP contribution in [-0.2, 0) is 9.53 Å². The van der Waals surface area contributed by atoms with E-state index in [1.54, 1.807) is 7.11 Å². The highest BCUT2D eigenvalue weighted by molar-refractivity contribution is 5.67. The fourth-order valence-corrected chi connectivity index (χ4v) is 2.46. The standard InChI is InChI=1S/C15H21NO3/c1-11-3-5-12(6-4-11)16(8-7-15(17)18)13-9-14(10-13)19-2/h3-6,13-14H,7-10H2,1-2H3,(H,17,18). The van der Waals surface area contributed by atoms with Crippen molar-refractivity contribution in [1.29, 1.82) is 0 Å². The second-order valence-corrected chi connectivity index (χ2v) is 5.16. The zero-order valence-corrected chi connectivity index (χ0v) is 11.5. The first kappa shape index (κ1) is 13.9. The summed E-state index contributed by atoms with van der Waals surface area (Å²) in [4.78, 5) is 13.0. The van der Waals surface area contributed by atoms with E-state index in [1.807, 2.05) is 0 Å². The average Bonchev–Trinajstić information content (AvgIpc) is 2.33. The Hall–Kier alpha value is -1.55. The van der Waals surface area contributed by atoms with Gasteiger partial charge in [-0.15, -0.1) is 0 Å². The van der Waals surface area contributed by atoms with E-state index in [4.69, 9.17) is 9.84 Å². The molecule has 1 saturated carbocycles. The van der Waals surface area contributed by atoms with Crippen LogP contribution in [-0.4, -0.2) is 36.9 Å². The van der Waals surface area contributed by atoms with Gasteiger partial charge in [-0.2, -0.15) is 0 Å². The number of carboxylic acids is 1. The minimum absolute atomic E-state index is 0.169. The van der Waals surface area contributed by atoms with Crippen molar-refractivity contribution in [2.45, 2.75) is 38.3 Å². The van der Waals surface area contributed by atoms with Crippen molar-refractivity contribution in [3.63, 3.8) is 0 Å². The quantitative estimate of drug-likeness (QED) is 0.856. The number of carbonyl (C=O) groups is 1. The Morgan fingerprint density at radius 1 is 1.37 bits per heavy atom. The van der Waals surface area contributed by atoms with E-state index in [-0.39, 0.29) is 6.42 Å². The maximum atomic E-state index is 10.8. The minimum atomic E-state index is -0.750. The Balaban J connectivity index is 2.05. The van der Waals surface area contributed by atoms with Gasteiger partial charge in [-0.3, -0.25) is 4.79 Å². The third-order valence-electron chi connectivity index (χ3n) is 3.78. The van der Waals surface area contributed by atoms with Crippen LogP contribution in [0.5, 0.6) is 0 Å². The predicted molar refractivity (Wildman–Crippen MR) is 74.6 cm³/mol. The minimum Gasteiger partial charge on any atom is -0.481 e. The Morgan fingerprint density at radius 2 is 2.00 bits per heavy atom. The lowest BCUT2D eigenvalue weighted by atomic mass is 9.87. The maximum absolute atomic E-state index is 10.8. The van der Waals surface area contributed by atoms with Crippen LogP contribution in [0.4, 0.5) is 5.69 Å². The molecule has 19 heavy (non-hydrogen) atoms. The summed E-state index contributed by atoms with van der Waals surface area (Å²) in [5.74, 6) is -0.750. The molecule has 1 aromatic carbocycles. The lowest BCUT2D eigenvalue weighted by molar-refractivity contribution is -0.136. The third-order valence-corrected chi connectivity index (χ3v) is 3.78. The molecule has 0 heterocycles. The van der Waals surface area contributed by atoms with Crippen LogP contribution in [0.25, 0.3) is 0 Å². The molecule has 4 heteroatoms. The van der Waals surface area contributed by atoms with Crippen molar-refractivity contribution >= 4 is 11.7 Å². The summed E-state index contributed by atoms with van der Waals surface area (Å²) in [6.45, 7) is 2.61. The zero-order valence-electron chi connectivity index (χ0n) is 11.5. The van der Waals surface area contributed by atoms with Crippen molar-refractivity contribution in [1.82, 2.24) is 0 Å². The largest absolute Gasteiger partial charge is 0.481 e. The molecule has 0 aliphatic heterocycles. The van der Waals surface area contributed by atoms with E-state index in [0.717, 1.165) is 18.5 Å². The summed E-state index contributed by atoms with van der Waals surface area (Å²) in [6.07, 6.45) is 2.44. The van der Waals surface area contributed by atoms with Crippen molar-refractivity contribution in [3.05, 3.63) is 29.8 Å². The number of hydrogen-bond donors (Lipinski definition) is 1. The summed E-state index contributed by atoms with van der Waals surface area (Å²) in [7, 11) is 1.73. The number of methoxy groups -OCH3 is 1. The number of rotatable bonds is 6. The fraction of sp³-hybridized carbons (Fsp3) is 0.533. The van der Waals surface area contributed by atoms with Gasteiger partial charge in [0.15, 0.2) is 0 Å². The lowest BCUT2D eigenvalue weighted by Gasteiger charge is -2.43. The second-order valence-electron chi connectivity index (χ2n) is 5.16. The van der Waals surface area contributed by atoms with Crippen LogP contribution in [0, 0.1) is 6.92 Å². The van der Waals surface area contributed by atoms with Gasteiger partial charge >= 0.3 is 5.97 Å². The van der Waals surface area contributed by atoms with E-state index >= 15 is 0 Å². The molecule has 0 radical (unpaired) electrons. The van der Waals surface area contributed by atoms with Crippen molar-refractivity contribution in [2.75, 3.05) is 18.6 Å². The number of carboxylic acid groups (broad SMARTS) is 1.